The van der Waals surface area contributed by atoms with Crippen LogP contribution in [0.15, 0.2) is 60.8 Å². The van der Waals surface area contributed by atoms with Crippen molar-refractivity contribution in [1.82, 2.24) is 15.3 Å². The largest absolute Gasteiger partial charge is 0.372 e. The number of anilines is 1. The number of aromatic nitrogens is 2. The molecule has 0 unspecified atom stereocenters. The van der Waals surface area contributed by atoms with Crippen LogP contribution in [-0.2, 0) is 6.42 Å². The number of hydrogen-bond acceptors (Lipinski definition) is 5. The maximum atomic E-state index is 12.1. The van der Waals surface area contributed by atoms with E-state index in [0.717, 1.165) is 29.9 Å². The van der Waals surface area contributed by atoms with Gasteiger partial charge in [0, 0.05) is 42.5 Å². The number of amides is 1. The number of nitrogens with one attached hydrogen (secondary N) is 1. The van der Waals surface area contributed by atoms with Crippen LogP contribution in [0.2, 0.25) is 0 Å². The summed E-state index contributed by atoms with van der Waals surface area (Å²) in [5.41, 5.74) is 4.23. The van der Waals surface area contributed by atoms with Gasteiger partial charge in [-0.05, 0) is 55.2 Å². The highest BCUT2D eigenvalue weighted by molar-refractivity contribution is 5.94. The quantitative estimate of drug-likeness (QED) is 0.618. The highest BCUT2D eigenvalue weighted by Crippen LogP contribution is 2.22. The molecule has 1 saturated heterocycles. The van der Waals surface area contributed by atoms with Gasteiger partial charge in [-0.3, -0.25) is 4.79 Å². The number of nitriles is 1. The van der Waals surface area contributed by atoms with Crippen molar-refractivity contribution in [3.63, 3.8) is 0 Å². The number of hydrogen-bond donors (Lipinski definition) is 1. The Bertz CT molecular complexity index is 1150. The normalized spacial score (nSPS) is 14.9. The van der Waals surface area contributed by atoms with Gasteiger partial charge >= 0.3 is 0 Å². The van der Waals surface area contributed by atoms with Crippen molar-refractivity contribution in [3.05, 3.63) is 77.7 Å². The van der Waals surface area contributed by atoms with E-state index in [0.29, 0.717) is 12.2 Å². The molecule has 0 atom stereocenters. The topological polar surface area (TPSA) is 81.9 Å². The van der Waals surface area contributed by atoms with Gasteiger partial charge in [0.15, 0.2) is 0 Å². The molecular weight excluding hydrogens is 386 g/mol. The number of benzene rings is 2. The molecule has 6 heteroatoms. The third-order valence-corrected chi connectivity index (χ3v) is 5.40. The first-order valence-corrected chi connectivity index (χ1v) is 10.4. The average Bonchev–Trinajstić information content (AvgIpc) is 2.85. The van der Waals surface area contributed by atoms with E-state index in [2.05, 4.69) is 39.1 Å². The highest BCUT2D eigenvalue weighted by atomic mass is 16.1. The van der Waals surface area contributed by atoms with Gasteiger partial charge in [-0.15, -0.1) is 0 Å². The summed E-state index contributed by atoms with van der Waals surface area (Å²) < 4.78 is 14.7. The SMILES string of the molecule is [2H]C([2H])(C#N)NC(=O)c1ccc(-c2ccnc(Cc3ccc(N4CCCCC4)cc3)n2)cc1. The van der Waals surface area contributed by atoms with Crippen LogP contribution >= 0.6 is 0 Å². The lowest BCUT2D eigenvalue weighted by molar-refractivity contribution is 0.0958. The first-order valence-electron chi connectivity index (χ1n) is 11.4. The highest BCUT2D eigenvalue weighted by Gasteiger charge is 2.11. The van der Waals surface area contributed by atoms with Gasteiger partial charge in [-0.2, -0.15) is 5.26 Å². The van der Waals surface area contributed by atoms with E-state index >= 15 is 0 Å². The van der Waals surface area contributed by atoms with Crippen LogP contribution < -0.4 is 10.2 Å². The number of carbonyl (C=O) groups excluding carboxylic acids is 1. The summed E-state index contributed by atoms with van der Waals surface area (Å²) in [7, 11) is 0. The number of piperidine rings is 1. The molecule has 1 aliphatic heterocycles. The molecule has 1 N–H and O–H groups in total. The van der Waals surface area contributed by atoms with Crippen molar-refractivity contribution < 1.29 is 7.54 Å². The molecule has 0 saturated carbocycles. The number of rotatable bonds is 6. The van der Waals surface area contributed by atoms with E-state index < -0.39 is 12.4 Å². The van der Waals surface area contributed by atoms with Crippen molar-refractivity contribution >= 4 is 11.6 Å². The fraction of sp³-hybridized carbons (Fsp3) is 0.280. The van der Waals surface area contributed by atoms with E-state index in [1.54, 1.807) is 30.5 Å². The van der Waals surface area contributed by atoms with Crippen LogP contribution in [0.5, 0.6) is 0 Å². The standard InChI is InChI=1S/C25H25N5O/c26-13-15-28-25(31)21-8-6-20(7-9-21)23-12-14-27-24(29-23)18-19-4-10-22(11-5-19)30-16-2-1-3-17-30/h4-12,14H,1-3,15-18H2,(H,28,31)/i15D2. The van der Waals surface area contributed by atoms with Crippen LogP contribution in [0.1, 0.15) is 43.7 Å². The monoisotopic (exact) mass is 413 g/mol. The second kappa shape index (κ2) is 9.86. The minimum absolute atomic E-state index is 0.265. The second-order valence-corrected chi connectivity index (χ2v) is 7.52. The summed E-state index contributed by atoms with van der Waals surface area (Å²) >= 11 is 0. The number of carbonyl (C=O) groups is 1. The van der Waals surface area contributed by atoms with Crippen molar-refractivity contribution in [2.24, 2.45) is 0 Å². The molecule has 31 heavy (non-hydrogen) atoms. The molecule has 0 bridgehead atoms. The van der Waals surface area contributed by atoms with Crippen LogP contribution in [0.4, 0.5) is 5.69 Å². The van der Waals surface area contributed by atoms with Gasteiger partial charge in [0.05, 0.1) is 14.5 Å². The summed E-state index contributed by atoms with van der Waals surface area (Å²) in [6, 6.07) is 18.5. The zero-order valence-corrected chi connectivity index (χ0v) is 17.2. The van der Waals surface area contributed by atoms with E-state index in [4.69, 9.17) is 8.00 Å². The summed E-state index contributed by atoms with van der Waals surface area (Å²) in [5, 5.41) is 10.8. The van der Waals surface area contributed by atoms with E-state index in [1.807, 2.05) is 11.4 Å². The van der Waals surface area contributed by atoms with Gasteiger partial charge < -0.3 is 10.2 Å². The molecule has 3 aromatic rings. The third-order valence-electron chi connectivity index (χ3n) is 5.40. The summed E-state index contributed by atoms with van der Waals surface area (Å²) in [4.78, 5) is 23.6. The van der Waals surface area contributed by atoms with E-state index in [-0.39, 0.29) is 5.56 Å². The Hall–Kier alpha value is -3.72. The molecule has 0 aliphatic carbocycles. The summed E-state index contributed by atoms with van der Waals surface area (Å²) in [6.07, 6.45) is 6.17. The van der Waals surface area contributed by atoms with Crippen molar-refractivity contribution in [2.75, 3.05) is 24.5 Å². The van der Waals surface area contributed by atoms with Gasteiger partial charge in [0.1, 0.15) is 12.3 Å². The zero-order valence-electron chi connectivity index (χ0n) is 19.2. The molecule has 1 amide bonds. The Labute approximate surface area is 185 Å². The lowest BCUT2D eigenvalue weighted by atomic mass is 10.1. The van der Waals surface area contributed by atoms with Crippen LogP contribution in [0, 0.1) is 11.3 Å². The Balaban J connectivity index is 1.43. The molecule has 0 spiro atoms. The maximum absolute atomic E-state index is 12.1. The minimum Gasteiger partial charge on any atom is -0.372 e. The first kappa shape index (κ1) is 18.1. The lowest BCUT2D eigenvalue weighted by Gasteiger charge is -2.28. The van der Waals surface area contributed by atoms with Crippen molar-refractivity contribution in [1.29, 1.82) is 5.26 Å². The van der Waals surface area contributed by atoms with Gasteiger partial charge in [0.2, 0.25) is 0 Å². The van der Waals surface area contributed by atoms with Gasteiger partial charge in [-0.1, -0.05) is 24.3 Å². The molecule has 1 fully saturated rings. The molecule has 2 aromatic carbocycles. The Morgan fingerprint density at radius 3 is 2.52 bits per heavy atom. The second-order valence-electron chi connectivity index (χ2n) is 7.52. The Kier molecular flexibility index (Phi) is 5.75. The molecule has 0 radical (unpaired) electrons. The molecule has 156 valence electrons. The van der Waals surface area contributed by atoms with Gasteiger partial charge in [0.25, 0.3) is 5.91 Å². The summed E-state index contributed by atoms with van der Waals surface area (Å²) in [5.74, 6) is 0.0618. The molecule has 2 heterocycles. The molecule has 1 aromatic heterocycles. The maximum Gasteiger partial charge on any atom is 0.252 e. The van der Waals surface area contributed by atoms with Crippen molar-refractivity contribution in [3.8, 4) is 17.3 Å². The van der Waals surface area contributed by atoms with E-state index in [9.17, 15) is 4.79 Å². The number of nitrogens with zero attached hydrogens (tertiary/aromatic N) is 4. The summed E-state index contributed by atoms with van der Waals surface area (Å²) in [6.45, 7) is -0.171. The minimum atomic E-state index is -2.41. The van der Waals surface area contributed by atoms with Crippen LogP contribution in [-0.4, -0.2) is 35.5 Å². The molecule has 6 nitrogen and oxygen atoms in total. The molecular formula is C25H25N5O. The lowest BCUT2D eigenvalue weighted by Crippen LogP contribution is -2.29. The van der Waals surface area contributed by atoms with Crippen molar-refractivity contribution in [2.45, 2.75) is 25.7 Å². The fourth-order valence-electron chi connectivity index (χ4n) is 3.75. The van der Waals surface area contributed by atoms with Crippen LogP contribution in [0.25, 0.3) is 11.3 Å². The average molecular weight is 414 g/mol. The molecule has 4 rings (SSSR count). The Morgan fingerprint density at radius 1 is 1.06 bits per heavy atom. The fourth-order valence-corrected chi connectivity index (χ4v) is 3.75. The Morgan fingerprint density at radius 2 is 1.81 bits per heavy atom. The van der Waals surface area contributed by atoms with Gasteiger partial charge in [-0.25, -0.2) is 9.97 Å². The predicted octanol–water partition coefficient (Wildman–Crippen LogP) is 3.98. The van der Waals surface area contributed by atoms with Crippen LogP contribution in [0.3, 0.4) is 0 Å². The first-order chi connectivity index (χ1) is 15.9. The zero-order chi connectivity index (χ0) is 23.3. The van der Waals surface area contributed by atoms with E-state index in [1.165, 1.54) is 31.0 Å². The third kappa shape index (κ3) is 5.26. The smallest absolute Gasteiger partial charge is 0.252 e. The molecule has 1 aliphatic rings. The predicted molar refractivity (Wildman–Crippen MR) is 121 cm³/mol.